The maximum atomic E-state index is 14.3. The predicted octanol–water partition coefficient (Wildman–Crippen LogP) is -1.50. The number of nitrogens with zero attached hydrogens (tertiary/aromatic N) is 3. The molecule has 0 spiro atoms. The molecule has 0 unspecified atom stereocenters. The number of H-pyrrole nitrogens is 2. The summed E-state index contributed by atoms with van der Waals surface area (Å²) in [6.45, 7) is 11.3. The molecule has 2 aromatic heterocycles. The Labute approximate surface area is 514 Å². The van der Waals surface area contributed by atoms with Gasteiger partial charge in [-0.25, -0.2) is 4.98 Å². The number of nitrogens with one attached hydrogen (secondary N) is 14. The first-order valence-corrected chi connectivity index (χ1v) is 30.0. The second-order valence-corrected chi connectivity index (χ2v) is 22.6. The number of fused-ring (bicyclic) bond motifs is 1. The number of aromatic amines is 2. The van der Waals surface area contributed by atoms with Crippen LogP contribution in [0.5, 0.6) is 0 Å². The number of thiocarbonyl (C=S) groups is 2. The van der Waals surface area contributed by atoms with Gasteiger partial charge < -0.3 is 74.6 Å². The number of hydrogen-bond acceptors (Lipinski definition) is 16. The van der Waals surface area contributed by atoms with E-state index in [1.54, 1.807) is 47.0 Å². The lowest BCUT2D eigenvalue weighted by atomic mass is 10.0. The van der Waals surface area contributed by atoms with Gasteiger partial charge in [0.15, 0.2) is 10.2 Å². The van der Waals surface area contributed by atoms with Gasteiger partial charge >= 0.3 is 0 Å². The molecule has 29 nitrogen and oxygen atoms in total. The first-order valence-electron chi connectivity index (χ1n) is 27.8. The lowest BCUT2D eigenvalue weighted by Gasteiger charge is -2.26. The molecule has 10 amide bonds. The van der Waals surface area contributed by atoms with Crippen LogP contribution in [0.15, 0.2) is 53.2 Å². The number of rotatable bonds is 36. The van der Waals surface area contributed by atoms with Crippen LogP contribution in [0.1, 0.15) is 98.2 Å². The number of hydrogen-bond donors (Lipinski definition) is 16. The van der Waals surface area contributed by atoms with Crippen LogP contribution in [0.2, 0.25) is 0 Å². The number of nitrogens with two attached hydrogens (primary N) is 2. The summed E-state index contributed by atoms with van der Waals surface area (Å²) in [6.07, 6.45) is 6.27. The molecular weight excluding hydrogens is 1170 g/mol. The number of thioether (sulfide) groups is 1. The Bertz CT molecular complexity index is 2900. The molecule has 0 aliphatic rings. The maximum Gasteiger partial charge on any atom is 0.243 e. The molecule has 0 fully saturated rings. The average molecular weight is 1250 g/mol. The maximum absolute atomic E-state index is 14.3. The lowest BCUT2D eigenvalue weighted by molar-refractivity contribution is -0.135. The van der Waals surface area contributed by atoms with Crippen molar-refractivity contribution in [2.75, 3.05) is 32.1 Å². The minimum atomic E-state index is -1.37. The highest BCUT2D eigenvalue weighted by Crippen LogP contribution is 2.20. The van der Waals surface area contributed by atoms with E-state index < -0.39 is 114 Å². The summed E-state index contributed by atoms with van der Waals surface area (Å²) in [7, 11) is 1.65. The molecule has 472 valence electrons. The summed E-state index contributed by atoms with van der Waals surface area (Å²) in [5.74, 6) is -7.53. The Hall–Kier alpha value is -8.26. The van der Waals surface area contributed by atoms with Gasteiger partial charge in [0.25, 0.3) is 0 Å². The summed E-state index contributed by atoms with van der Waals surface area (Å²) in [5.41, 5.74) is 19.2. The highest BCUT2D eigenvalue weighted by atomic mass is 32.2. The van der Waals surface area contributed by atoms with E-state index >= 15 is 0 Å². The minimum Gasteiger partial charge on any atom is -0.370 e. The van der Waals surface area contributed by atoms with E-state index in [1.807, 2.05) is 38.3 Å². The van der Waals surface area contributed by atoms with Crippen molar-refractivity contribution in [3.05, 3.63) is 54.2 Å². The Morgan fingerprint density at radius 1 is 0.663 bits per heavy atom. The van der Waals surface area contributed by atoms with E-state index in [4.69, 9.17) is 35.9 Å². The van der Waals surface area contributed by atoms with Crippen LogP contribution in [0.25, 0.3) is 10.9 Å². The van der Waals surface area contributed by atoms with Gasteiger partial charge in [0.1, 0.15) is 42.3 Å². The van der Waals surface area contributed by atoms with E-state index in [2.05, 4.69) is 89.2 Å². The fraction of sp³-hybridized carbons (Fsp3) is 0.537. The number of amides is 10. The summed E-state index contributed by atoms with van der Waals surface area (Å²) in [5, 5.41) is 36.2. The normalized spacial score (nSPS) is 13.9. The van der Waals surface area contributed by atoms with E-state index in [0.29, 0.717) is 33.5 Å². The van der Waals surface area contributed by atoms with Crippen molar-refractivity contribution in [1.29, 1.82) is 0 Å². The van der Waals surface area contributed by atoms with Crippen molar-refractivity contribution >= 4 is 128 Å². The number of primary amides is 2. The third-order valence-electron chi connectivity index (χ3n) is 13.0. The minimum absolute atomic E-state index is 0.0787. The molecule has 3 aromatic rings. The van der Waals surface area contributed by atoms with Crippen LogP contribution in [0.4, 0.5) is 0 Å². The molecule has 2 heterocycles. The summed E-state index contributed by atoms with van der Waals surface area (Å²) in [6, 6.07) is -1.39. The zero-order valence-corrected chi connectivity index (χ0v) is 52.3. The second-order valence-electron chi connectivity index (χ2n) is 20.8. The van der Waals surface area contributed by atoms with Crippen LogP contribution < -0.4 is 75.5 Å². The number of aromatic nitrogens is 3. The number of carbonyl (C=O) groups is 10. The first kappa shape index (κ1) is 72.0. The van der Waals surface area contributed by atoms with E-state index in [9.17, 15) is 47.9 Å². The van der Waals surface area contributed by atoms with Crippen molar-refractivity contribution in [2.45, 2.75) is 142 Å². The Balaban J connectivity index is 1.71. The third kappa shape index (κ3) is 25.9. The van der Waals surface area contributed by atoms with Crippen molar-refractivity contribution < 1.29 is 47.9 Å². The van der Waals surface area contributed by atoms with E-state index in [-0.39, 0.29) is 68.9 Å². The zero-order valence-electron chi connectivity index (χ0n) is 49.8. The van der Waals surface area contributed by atoms with Gasteiger partial charge in [0, 0.05) is 68.3 Å². The quantitative estimate of drug-likeness (QED) is 0.0136. The average Bonchev–Trinajstić information content (AvgIpc) is 2.92. The van der Waals surface area contributed by atoms with Crippen LogP contribution in [-0.2, 0) is 60.8 Å². The summed E-state index contributed by atoms with van der Waals surface area (Å²) >= 11 is 11.8. The highest BCUT2D eigenvalue weighted by molar-refractivity contribution is 7.98. The van der Waals surface area contributed by atoms with E-state index in [0.717, 1.165) is 10.9 Å². The van der Waals surface area contributed by atoms with Gasteiger partial charge in [-0.05, 0) is 106 Å². The smallest absolute Gasteiger partial charge is 0.243 e. The van der Waals surface area contributed by atoms with Gasteiger partial charge in [-0.1, -0.05) is 45.9 Å². The highest BCUT2D eigenvalue weighted by Gasteiger charge is 2.34. The molecule has 0 saturated heterocycles. The first-order chi connectivity index (χ1) is 40.7. The molecule has 0 bridgehead atoms. The Kier molecular flexibility index (Phi) is 31.2. The van der Waals surface area contributed by atoms with Gasteiger partial charge in [-0.15, -0.1) is 0 Å². The number of para-hydroxylation sites is 1. The van der Waals surface area contributed by atoms with Gasteiger partial charge in [-0.3, -0.25) is 58.8 Å². The van der Waals surface area contributed by atoms with Crippen LogP contribution in [0, 0.1) is 11.8 Å². The number of carbonyl (C=O) groups excluding carboxylic acids is 10. The van der Waals surface area contributed by atoms with Crippen molar-refractivity contribution in [2.24, 2.45) is 33.5 Å². The van der Waals surface area contributed by atoms with Gasteiger partial charge in [0.2, 0.25) is 59.1 Å². The molecule has 0 aliphatic carbocycles. The van der Waals surface area contributed by atoms with Crippen molar-refractivity contribution in [3.63, 3.8) is 0 Å². The molecule has 0 saturated carbocycles. The zero-order chi connectivity index (χ0) is 64.0. The van der Waals surface area contributed by atoms with Gasteiger partial charge in [-0.2, -0.15) is 22.0 Å². The Morgan fingerprint density at radius 2 is 1.27 bits per heavy atom. The molecule has 1 aromatic carbocycles. The third-order valence-corrected chi connectivity index (χ3v) is 14.2. The molecule has 0 aliphatic heterocycles. The fourth-order valence-corrected chi connectivity index (χ4v) is 8.78. The molecule has 0 radical (unpaired) electrons. The summed E-state index contributed by atoms with van der Waals surface area (Å²) < 4.78 is 0. The van der Waals surface area contributed by atoms with Crippen LogP contribution >= 0.6 is 36.2 Å². The number of hydrazone groups is 2. The van der Waals surface area contributed by atoms with Gasteiger partial charge in [0.05, 0.1) is 24.3 Å². The topological polar surface area (TPSA) is 436 Å². The molecule has 86 heavy (non-hydrogen) atoms. The second kappa shape index (κ2) is 37.2. The van der Waals surface area contributed by atoms with Crippen molar-refractivity contribution in [3.8, 4) is 0 Å². The van der Waals surface area contributed by atoms with Crippen molar-refractivity contribution in [1.82, 2.24) is 79.0 Å². The predicted molar refractivity (Wildman–Crippen MR) is 335 cm³/mol. The lowest BCUT2D eigenvalue weighted by Crippen LogP contribution is -2.59. The van der Waals surface area contributed by atoms with E-state index in [1.165, 1.54) is 31.2 Å². The van der Waals surface area contributed by atoms with Crippen LogP contribution in [0.3, 0.4) is 0 Å². The van der Waals surface area contributed by atoms with Crippen LogP contribution in [-0.4, -0.2) is 170 Å². The molecule has 18 N–H and O–H groups in total. The molecule has 7 atom stereocenters. The number of imidazole rings is 1. The Morgan fingerprint density at radius 3 is 1.88 bits per heavy atom. The fourth-order valence-electron chi connectivity index (χ4n) is 8.11. The standard InChI is InChI=1S/C54H83N19O10S3/c1-28(2)21-39(50(81)66-37(46(56)77)18-20-86-9)67-51(82)41(23-34-25-58-27-62-34)65-44(76)26-61-52(83)45(29(3)4)69-47(78)32(7)63-49(80)40(22-33-24-60-36-14-11-10-13-35(33)36)68-48(79)38(16-17-42(55)74)64-43(75)15-12-19-59-54(85)73-71-31(6)30(5)70-72-53(84)57-8/h10-11,13-14,24-25,27-29,32,37-41,45,60H,12,15-23,26H2,1-9H3,(H2,55,74)(H2,56,77)(H,58,62)(H,61,83)(H,63,80)(H,64,75)(H,65,76)(H,66,81)(H,67,82)(H,68,79)(H,69,78)(H2,57,72,84)(H2,59,73,85)/b70-30+,71-31-/t32-,37-,38-,39-,40-,41-,45-/m0/s1. The number of benzene rings is 1. The monoisotopic (exact) mass is 1250 g/mol. The molecule has 3 rings (SSSR count). The molecule has 32 heteroatoms. The molecular formula is C54H83N19O10S3. The SMILES string of the molecule is CNC(=S)N/N=C(C)/C(C)=N\NC(=S)NCCCC(=O)N[C@@H](CCC(N)=O)C(=O)N[C@@H](Cc1c[nH]c2ccccc12)C(=O)N[C@@H](C)C(=O)N[C@H](C(=O)NCC(=O)N[C@@H](Cc1cnc[nH]1)C(=O)N[C@@H](CC(C)C)C(=O)N[C@@H](CCSC)C(N)=O)C(C)C. The largest absolute Gasteiger partial charge is 0.370 e. The summed E-state index contributed by atoms with van der Waals surface area (Å²) in [4.78, 5) is 144.